The van der Waals surface area contributed by atoms with E-state index in [-0.39, 0.29) is 23.3 Å². The van der Waals surface area contributed by atoms with Gasteiger partial charge in [-0.2, -0.15) is 0 Å². The van der Waals surface area contributed by atoms with Gasteiger partial charge in [0.2, 0.25) is 11.8 Å². The summed E-state index contributed by atoms with van der Waals surface area (Å²) in [4.78, 5) is 37.2. The Hall–Kier alpha value is -3.07. The van der Waals surface area contributed by atoms with Gasteiger partial charge in [-0.05, 0) is 37.1 Å². The maximum Gasteiger partial charge on any atom is 0.269 e. The zero-order valence-corrected chi connectivity index (χ0v) is 18.7. The van der Waals surface area contributed by atoms with Gasteiger partial charge in [0.15, 0.2) is 0 Å². The first kappa shape index (κ1) is 24.2. The number of thioether (sulfide) groups is 1. The van der Waals surface area contributed by atoms with Crippen LogP contribution in [0.1, 0.15) is 25.0 Å². The molecule has 0 aliphatic carbocycles. The molecule has 8 nitrogen and oxygen atoms in total. The second kappa shape index (κ2) is 11.9. The molecule has 2 aromatic carbocycles. The lowest BCUT2D eigenvalue weighted by Gasteiger charge is -2.28. The van der Waals surface area contributed by atoms with Crippen LogP contribution in [0.3, 0.4) is 0 Å². The van der Waals surface area contributed by atoms with Gasteiger partial charge >= 0.3 is 0 Å². The summed E-state index contributed by atoms with van der Waals surface area (Å²) in [6.45, 7) is 4.34. The van der Waals surface area contributed by atoms with E-state index in [9.17, 15) is 19.7 Å². The van der Waals surface area contributed by atoms with Crippen molar-refractivity contribution < 1.29 is 19.2 Å². The number of hydrogen-bond donors (Lipinski definition) is 1. The van der Waals surface area contributed by atoms with Gasteiger partial charge in [-0.3, -0.25) is 19.7 Å². The van der Waals surface area contributed by atoms with Crippen molar-refractivity contribution in [3.63, 3.8) is 0 Å². The zero-order valence-electron chi connectivity index (χ0n) is 17.9. The molecule has 0 bridgehead atoms. The highest BCUT2D eigenvalue weighted by molar-refractivity contribution is 7.99. The van der Waals surface area contributed by atoms with Gasteiger partial charge in [-0.25, -0.2) is 0 Å². The second-order valence-electron chi connectivity index (χ2n) is 6.86. The Balaban J connectivity index is 2.03. The van der Waals surface area contributed by atoms with Crippen LogP contribution in [0.15, 0.2) is 48.5 Å². The van der Waals surface area contributed by atoms with E-state index < -0.39 is 11.0 Å². The predicted molar refractivity (Wildman–Crippen MR) is 121 cm³/mol. The zero-order chi connectivity index (χ0) is 22.8. The molecular weight excluding hydrogens is 418 g/mol. The molecule has 31 heavy (non-hydrogen) atoms. The molecule has 166 valence electrons. The average Bonchev–Trinajstić information content (AvgIpc) is 2.77. The third-order valence-corrected chi connectivity index (χ3v) is 5.66. The van der Waals surface area contributed by atoms with Crippen LogP contribution in [-0.2, 0) is 21.9 Å². The van der Waals surface area contributed by atoms with Gasteiger partial charge in [0.25, 0.3) is 5.69 Å². The number of non-ortho nitro benzene ring substituents is 1. The van der Waals surface area contributed by atoms with Gasteiger partial charge in [-0.15, -0.1) is 11.8 Å². The standard InChI is InChI=1S/C22H27N3O5S/c1-4-23-22(27)16(2)24(13-17-7-11-20(30-3)12-8-17)21(26)15-31-14-18-5-9-19(10-6-18)25(28)29/h5-12,16H,4,13-15H2,1-3H3,(H,23,27). The molecule has 0 saturated carbocycles. The van der Waals surface area contributed by atoms with Crippen molar-refractivity contribution in [2.45, 2.75) is 32.2 Å². The fourth-order valence-corrected chi connectivity index (χ4v) is 3.76. The van der Waals surface area contributed by atoms with Crippen LogP contribution >= 0.6 is 11.8 Å². The molecule has 2 amide bonds. The van der Waals surface area contributed by atoms with Crippen LogP contribution in [-0.4, -0.2) is 47.1 Å². The minimum Gasteiger partial charge on any atom is -0.497 e. The average molecular weight is 446 g/mol. The van der Waals surface area contributed by atoms with E-state index in [1.54, 1.807) is 31.1 Å². The molecule has 9 heteroatoms. The number of rotatable bonds is 11. The lowest BCUT2D eigenvalue weighted by Crippen LogP contribution is -2.48. The highest BCUT2D eigenvalue weighted by Crippen LogP contribution is 2.19. The lowest BCUT2D eigenvalue weighted by atomic mass is 10.1. The van der Waals surface area contributed by atoms with E-state index in [1.165, 1.54) is 23.9 Å². The van der Waals surface area contributed by atoms with Crippen LogP contribution in [0, 0.1) is 10.1 Å². The van der Waals surface area contributed by atoms with E-state index in [2.05, 4.69) is 5.32 Å². The summed E-state index contributed by atoms with van der Waals surface area (Å²) < 4.78 is 5.17. The summed E-state index contributed by atoms with van der Waals surface area (Å²) in [6, 6.07) is 13.0. The quantitative estimate of drug-likeness (QED) is 0.420. The first-order valence-electron chi connectivity index (χ1n) is 9.86. The fourth-order valence-electron chi connectivity index (χ4n) is 2.89. The van der Waals surface area contributed by atoms with Crippen LogP contribution < -0.4 is 10.1 Å². The van der Waals surface area contributed by atoms with Crippen molar-refractivity contribution in [2.24, 2.45) is 0 Å². The maximum atomic E-state index is 13.0. The van der Waals surface area contributed by atoms with Gasteiger partial charge in [0, 0.05) is 31.0 Å². The van der Waals surface area contributed by atoms with Crippen molar-refractivity contribution in [2.75, 3.05) is 19.4 Å². The normalized spacial score (nSPS) is 11.5. The summed E-state index contributed by atoms with van der Waals surface area (Å²) in [5.74, 6) is 1.09. The first-order chi connectivity index (χ1) is 14.8. The third-order valence-electron chi connectivity index (χ3n) is 4.67. The van der Waals surface area contributed by atoms with Gasteiger partial charge in [0.1, 0.15) is 11.8 Å². The van der Waals surface area contributed by atoms with E-state index in [0.717, 1.165) is 16.9 Å². The number of nitro benzene ring substituents is 1. The number of carbonyl (C=O) groups is 2. The number of hydrogen-bond acceptors (Lipinski definition) is 6. The van der Waals surface area contributed by atoms with E-state index in [1.807, 2.05) is 31.2 Å². The van der Waals surface area contributed by atoms with Crippen molar-refractivity contribution >= 4 is 29.3 Å². The molecule has 0 radical (unpaired) electrons. The molecule has 0 aliphatic rings. The Morgan fingerprint density at radius 3 is 2.29 bits per heavy atom. The molecule has 1 atom stereocenters. The number of likely N-dealkylation sites (N-methyl/N-ethyl adjacent to an activating group) is 1. The summed E-state index contributed by atoms with van der Waals surface area (Å²) in [6.07, 6.45) is 0. The Morgan fingerprint density at radius 2 is 1.74 bits per heavy atom. The van der Waals surface area contributed by atoms with E-state index >= 15 is 0 Å². The van der Waals surface area contributed by atoms with Crippen LogP contribution in [0.2, 0.25) is 0 Å². The molecule has 0 heterocycles. The first-order valence-corrected chi connectivity index (χ1v) is 11.0. The predicted octanol–water partition coefficient (Wildman–Crippen LogP) is 3.39. The fraction of sp³-hybridized carbons (Fsp3) is 0.364. The molecule has 2 aromatic rings. The smallest absolute Gasteiger partial charge is 0.269 e. The number of nitrogens with one attached hydrogen (secondary N) is 1. The molecule has 0 fully saturated rings. The number of amides is 2. The van der Waals surface area contributed by atoms with Crippen molar-refractivity contribution in [1.82, 2.24) is 10.2 Å². The number of nitro groups is 1. The van der Waals surface area contributed by atoms with Crippen LogP contribution in [0.4, 0.5) is 5.69 Å². The highest BCUT2D eigenvalue weighted by atomic mass is 32.2. The Labute approximate surface area is 186 Å². The maximum absolute atomic E-state index is 13.0. The second-order valence-corrected chi connectivity index (χ2v) is 7.84. The van der Waals surface area contributed by atoms with Crippen LogP contribution in [0.25, 0.3) is 0 Å². The van der Waals surface area contributed by atoms with Crippen molar-refractivity contribution in [1.29, 1.82) is 0 Å². The third kappa shape index (κ3) is 7.29. The Morgan fingerprint density at radius 1 is 1.13 bits per heavy atom. The van der Waals surface area contributed by atoms with Gasteiger partial charge in [0.05, 0.1) is 17.8 Å². The highest BCUT2D eigenvalue weighted by Gasteiger charge is 2.25. The molecule has 0 aromatic heterocycles. The summed E-state index contributed by atoms with van der Waals surface area (Å²) >= 11 is 1.40. The molecule has 0 aliphatic heterocycles. The number of nitrogens with zero attached hydrogens (tertiary/aromatic N) is 2. The van der Waals surface area contributed by atoms with Gasteiger partial charge in [-0.1, -0.05) is 24.3 Å². The molecule has 0 spiro atoms. The Bertz CT molecular complexity index is 887. The van der Waals surface area contributed by atoms with Crippen molar-refractivity contribution in [3.05, 3.63) is 69.8 Å². The molecule has 1 N–H and O–H groups in total. The molecule has 0 saturated heterocycles. The monoisotopic (exact) mass is 445 g/mol. The minimum atomic E-state index is -0.616. The van der Waals surface area contributed by atoms with E-state index in [4.69, 9.17) is 4.74 Å². The van der Waals surface area contributed by atoms with Gasteiger partial charge < -0.3 is 15.0 Å². The lowest BCUT2D eigenvalue weighted by molar-refractivity contribution is -0.384. The summed E-state index contributed by atoms with van der Waals surface area (Å²) in [5, 5.41) is 13.5. The largest absolute Gasteiger partial charge is 0.497 e. The number of ether oxygens (including phenoxy) is 1. The topological polar surface area (TPSA) is 102 Å². The SMILES string of the molecule is CCNC(=O)C(C)N(Cc1ccc(OC)cc1)C(=O)CSCc1ccc([N+](=O)[O-])cc1. The molecular formula is C22H27N3O5S. The number of methoxy groups -OCH3 is 1. The molecule has 1 unspecified atom stereocenters. The number of benzene rings is 2. The summed E-state index contributed by atoms with van der Waals surface area (Å²) in [7, 11) is 1.59. The molecule has 2 rings (SSSR count). The van der Waals surface area contributed by atoms with Crippen molar-refractivity contribution in [3.8, 4) is 5.75 Å². The van der Waals surface area contributed by atoms with Crippen LogP contribution in [0.5, 0.6) is 5.75 Å². The minimum absolute atomic E-state index is 0.0336. The summed E-state index contributed by atoms with van der Waals surface area (Å²) in [5.41, 5.74) is 1.82. The number of carbonyl (C=O) groups excluding carboxylic acids is 2. The van der Waals surface area contributed by atoms with E-state index in [0.29, 0.717) is 18.8 Å². The Kier molecular flexibility index (Phi) is 9.33.